The molecule has 1 saturated heterocycles. The van der Waals surface area contributed by atoms with Crippen LogP contribution in [0.25, 0.3) is 0 Å². The fourth-order valence-corrected chi connectivity index (χ4v) is 2.48. The summed E-state index contributed by atoms with van der Waals surface area (Å²) in [6.07, 6.45) is 1.16. The lowest BCUT2D eigenvalue weighted by molar-refractivity contribution is -0.137. The van der Waals surface area contributed by atoms with Crippen molar-refractivity contribution in [2.24, 2.45) is 11.8 Å². The van der Waals surface area contributed by atoms with E-state index in [4.69, 9.17) is 0 Å². The van der Waals surface area contributed by atoms with Gasteiger partial charge in [0.15, 0.2) is 0 Å². The number of carbonyl (C=O) groups is 2. The van der Waals surface area contributed by atoms with Crippen molar-refractivity contribution < 1.29 is 24.9 Å². The highest BCUT2D eigenvalue weighted by Gasteiger charge is 2.33. The summed E-state index contributed by atoms with van der Waals surface area (Å²) in [5.74, 6) is -1.52. The van der Waals surface area contributed by atoms with Crippen molar-refractivity contribution in [3.05, 3.63) is 12.2 Å². The maximum atomic E-state index is 12.2. The van der Waals surface area contributed by atoms with Crippen molar-refractivity contribution in [3.8, 4) is 0 Å². The summed E-state index contributed by atoms with van der Waals surface area (Å²) in [6, 6.07) is -0.627. The normalized spacial score (nSPS) is 24.1. The van der Waals surface area contributed by atoms with Crippen LogP contribution in [-0.2, 0) is 9.59 Å². The summed E-state index contributed by atoms with van der Waals surface area (Å²) in [7, 11) is 0. The van der Waals surface area contributed by atoms with E-state index in [0.29, 0.717) is 13.0 Å². The third kappa shape index (κ3) is 6.22. The first-order valence-electron chi connectivity index (χ1n) is 8.54. The fraction of sp³-hybridized carbons (Fsp3) is 0.765. The lowest BCUT2D eigenvalue weighted by atomic mass is 9.94. The van der Waals surface area contributed by atoms with Crippen LogP contribution in [0.2, 0.25) is 0 Å². The number of carbonyl (C=O) groups excluding carboxylic acids is 2. The summed E-state index contributed by atoms with van der Waals surface area (Å²) in [5, 5.41) is 35.4. The Hall–Kier alpha value is -1.44. The summed E-state index contributed by atoms with van der Waals surface area (Å²) >= 11 is 0. The molecular weight excluding hydrogens is 312 g/mol. The number of nitrogens with one attached hydrogen (secondary N) is 2. The molecular formula is C17H30N2O5. The molecule has 1 heterocycles. The highest BCUT2D eigenvalue weighted by atomic mass is 16.4. The number of amides is 2. The van der Waals surface area contributed by atoms with Crippen molar-refractivity contribution in [2.75, 3.05) is 6.54 Å². The lowest BCUT2D eigenvalue weighted by Crippen LogP contribution is -2.51. The van der Waals surface area contributed by atoms with Crippen LogP contribution in [0.5, 0.6) is 0 Å². The van der Waals surface area contributed by atoms with Crippen LogP contribution in [0.15, 0.2) is 12.2 Å². The van der Waals surface area contributed by atoms with Gasteiger partial charge in [-0.3, -0.25) is 9.59 Å². The SMILES string of the molecule is CC(C)/C=C/C(O)C(O)C(O)C(C)C(=O)NC1CCCCNC1=O. The summed E-state index contributed by atoms with van der Waals surface area (Å²) in [6.45, 7) is 5.88. The Balaban J connectivity index is 2.61. The molecule has 7 nitrogen and oxygen atoms in total. The molecule has 138 valence electrons. The smallest absolute Gasteiger partial charge is 0.242 e. The van der Waals surface area contributed by atoms with Gasteiger partial charge in [-0.1, -0.05) is 32.9 Å². The van der Waals surface area contributed by atoms with E-state index in [0.717, 1.165) is 12.8 Å². The summed E-state index contributed by atoms with van der Waals surface area (Å²) < 4.78 is 0. The van der Waals surface area contributed by atoms with Gasteiger partial charge in [-0.2, -0.15) is 0 Å². The van der Waals surface area contributed by atoms with E-state index in [9.17, 15) is 24.9 Å². The maximum absolute atomic E-state index is 12.2. The van der Waals surface area contributed by atoms with Crippen LogP contribution in [0.1, 0.15) is 40.0 Å². The molecule has 0 bridgehead atoms. The Labute approximate surface area is 143 Å². The van der Waals surface area contributed by atoms with Gasteiger partial charge in [0.2, 0.25) is 11.8 Å². The Morgan fingerprint density at radius 2 is 1.83 bits per heavy atom. The topological polar surface area (TPSA) is 119 Å². The molecule has 0 spiro atoms. The first-order valence-corrected chi connectivity index (χ1v) is 8.54. The van der Waals surface area contributed by atoms with Gasteiger partial charge in [-0.05, 0) is 25.2 Å². The third-order valence-corrected chi connectivity index (χ3v) is 4.17. The van der Waals surface area contributed by atoms with E-state index < -0.39 is 36.2 Å². The first-order chi connectivity index (χ1) is 11.2. The number of aliphatic hydroxyl groups is 3. The molecule has 5 atom stereocenters. The predicted molar refractivity (Wildman–Crippen MR) is 90.0 cm³/mol. The van der Waals surface area contributed by atoms with Gasteiger partial charge in [0, 0.05) is 6.54 Å². The molecule has 1 aliphatic heterocycles. The quantitative estimate of drug-likeness (QED) is 0.407. The minimum Gasteiger partial charge on any atom is -0.389 e. The average Bonchev–Trinajstić information content (AvgIpc) is 2.75. The van der Waals surface area contributed by atoms with Gasteiger partial charge in [0.05, 0.1) is 12.0 Å². The molecule has 0 aromatic carbocycles. The van der Waals surface area contributed by atoms with Crippen LogP contribution in [0.3, 0.4) is 0 Å². The van der Waals surface area contributed by atoms with Crippen LogP contribution >= 0.6 is 0 Å². The zero-order valence-electron chi connectivity index (χ0n) is 14.6. The van der Waals surface area contributed by atoms with E-state index in [1.54, 1.807) is 6.08 Å². The van der Waals surface area contributed by atoms with E-state index in [1.165, 1.54) is 13.0 Å². The highest BCUT2D eigenvalue weighted by Crippen LogP contribution is 2.14. The molecule has 24 heavy (non-hydrogen) atoms. The summed E-state index contributed by atoms with van der Waals surface area (Å²) in [5.41, 5.74) is 0. The first kappa shape index (κ1) is 20.6. The Kier molecular flexibility index (Phi) is 8.38. The molecule has 5 N–H and O–H groups in total. The van der Waals surface area contributed by atoms with E-state index >= 15 is 0 Å². The number of allylic oxidation sites excluding steroid dienone is 1. The number of hydrogen-bond acceptors (Lipinski definition) is 5. The number of aliphatic hydroxyl groups excluding tert-OH is 3. The van der Waals surface area contributed by atoms with Gasteiger partial charge >= 0.3 is 0 Å². The van der Waals surface area contributed by atoms with Crippen molar-refractivity contribution in [1.82, 2.24) is 10.6 Å². The third-order valence-electron chi connectivity index (χ3n) is 4.17. The molecule has 1 rings (SSSR count). The van der Waals surface area contributed by atoms with E-state index in [1.807, 2.05) is 13.8 Å². The molecule has 2 amide bonds. The standard InChI is InChI=1S/C17H30N2O5/c1-10(2)7-8-13(20)15(22)14(21)11(3)16(23)19-12-6-4-5-9-18-17(12)24/h7-8,10-15,20-22H,4-6,9H2,1-3H3,(H,18,24)(H,19,23)/b8-7+. The zero-order valence-corrected chi connectivity index (χ0v) is 14.6. The maximum Gasteiger partial charge on any atom is 0.242 e. The predicted octanol–water partition coefficient (Wildman–Crippen LogP) is -0.298. The molecule has 0 aromatic rings. The molecule has 7 heteroatoms. The second kappa shape index (κ2) is 9.76. The monoisotopic (exact) mass is 342 g/mol. The largest absolute Gasteiger partial charge is 0.389 e. The Morgan fingerprint density at radius 3 is 2.46 bits per heavy atom. The zero-order chi connectivity index (χ0) is 18.3. The molecule has 0 saturated carbocycles. The van der Waals surface area contributed by atoms with Gasteiger partial charge in [0.1, 0.15) is 18.2 Å². The highest BCUT2D eigenvalue weighted by molar-refractivity contribution is 5.88. The minimum absolute atomic E-state index is 0.193. The van der Waals surface area contributed by atoms with Crippen LogP contribution < -0.4 is 10.6 Å². The second-order valence-corrected chi connectivity index (χ2v) is 6.74. The van der Waals surface area contributed by atoms with Crippen molar-refractivity contribution in [1.29, 1.82) is 0 Å². The molecule has 1 fully saturated rings. The minimum atomic E-state index is -1.48. The lowest BCUT2D eigenvalue weighted by Gasteiger charge is -2.27. The molecule has 5 unspecified atom stereocenters. The van der Waals surface area contributed by atoms with Gasteiger partial charge in [0.25, 0.3) is 0 Å². The van der Waals surface area contributed by atoms with Crippen molar-refractivity contribution in [3.63, 3.8) is 0 Å². The van der Waals surface area contributed by atoms with E-state index in [-0.39, 0.29) is 11.8 Å². The average molecular weight is 342 g/mol. The Morgan fingerprint density at radius 1 is 1.17 bits per heavy atom. The second-order valence-electron chi connectivity index (χ2n) is 6.74. The van der Waals surface area contributed by atoms with Gasteiger partial charge in [-0.25, -0.2) is 0 Å². The molecule has 0 aromatic heterocycles. The molecule has 0 radical (unpaired) electrons. The molecule has 0 aliphatic carbocycles. The van der Waals surface area contributed by atoms with Crippen LogP contribution in [0, 0.1) is 11.8 Å². The molecule has 1 aliphatic rings. The number of hydrogen-bond donors (Lipinski definition) is 5. The van der Waals surface area contributed by atoms with Crippen LogP contribution in [0.4, 0.5) is 0 Å². The number of rotatable bonds is 7. The van der Waals surface area contributed by atoms with Gasteiger partial charge in [-0.15, -0.1) is 0 Å². The van der Waals surface area contributed by atoms with Gasteiger partial charge < -0.3 is 26.0 Å². The van der Waals surface area contributed by atoms with Crippen LogP contribution in [-0.4, -0.2) is 58.0 Å². The van der Waals surface area contributed by atoms with E-state index in [2.05, 4.69) is 10.6 Å². The Bertz CT molecular complexity index is 452. The fourth-order valence-electron chi connectivity index (χ4n) is 2.48. The van der Waals surface area contributed by atoms with Crippen molar-refractivity contribution >= 4 is 11.8 Å². The summed E-state index contributed by atoms with van der Waals surface area (Å²) in [4.78, 5) is 24.1. The van der Waals surface area contributed by atoms with Crippen molar-refractivity contribution in [2.45, 2.75) is 64.4 Å².